The topological polar surface area (TPSA) is 12.0 Å². The van der Waals surface area contributed by atoms with Gasteiger partial charge >= 0.3 is 10.2 Å². The molecule has 0 amide bonds. The molecule has 0 aromatic heterocycles. The molecule has 0 saturated heterocycles. The molecule has 1 aromatic carbocycles. The molecule has 0 unspecified atom stereocenters. The molecule has 94 valence electrons. The molecule has 1 N–H and O–H groups in total. The fraction of sp³-hybridized carbons (Fsp3) is 0.333. The first kappa shape index (κ1) is 13.1. The van der Waals surface area contributed by atoms with E-state index < -0.39 is 15.1 Å². The highest BCUT2D eigenvalue weighted by Crippen LogP contribution is 3.02. The molecule has 0 aliphatic rings. The number of hydrogen-bond acceptors (Lipinski definition) is 1. The smallest absolute Gasteiger partial charge is 0.310 e. The maximum absolute atomic E-state index is 12.3. The van der Waals surface area contributed by atoms with Gasteiger partial charge in [0.05, 0.1) is 0 Å². The Labute approximate surface area is 90.4 Å². The molecule has 0 aliphatic carbocycles. The fourth-order valence-corrected chi connectivity index (χ4v) is 1.79. The molecule has 7 heteroatoms. The number of benzene rings is 1. The quantitative estimate of drug-likeness (QED) is 0.740. The molecule has 1 aromatic rings. The molecule has 0 heterocycles. The average molecular weight is 261 g/mol. The Hall–Kier alpha value is -0.980. The third-order valence-electron chi connectivity index (χ3n) is 1.76. The molecule has 16 heavy (non-hydrogen) atoms. The van der Waals surface area contributed by atoms with Gasteiger partial charge in [0.2, 0.25) is 0 Å². The van der Waals surface area contributed by atoms with E-state index in [0.29, 0.717) is 17.8 Å². The van der Waals surface area contributed by atoms with Crippen molar-refractivity contribution in [2.75, 3.05) is 5.32 Å². The second-order valence-corrected chi connectivity index (χ2v) is 6.20. The Balaban J connectivity index is 3.06. The molecule has 1 nitrogen and oxygen atoms in total. The Kier molecular flexibility index (Phi) is 2.48. The van der Waals surface area contributed by atoms with E-state index >= 15 is 0 Å². The summed E-state index contributed by atoms with van der Waals surface area (Å²) < 4.78 is 61.6. The summed E-state index contributed by atoms with van der Waals surface area (Å²) in [6, 6.07) is 2.80. The van der Waals surface area contributed by atoms with Gasteiger partial charge in [-0.25, -0.2) is 0 Å². The van der Waals surface area contributed by atoms with E-state index in [4.69, 9.17) is 0 Å². The summed E-state index contributed by atoms with van der Waals surface area (Å²) in [5.74, 6) is 0. The van der Waals surface area contributed by atoms with Gasteiger partial charge < -0.3 is 5.32 Å². The van der Waals surface area contributed by atoms with E-state index in [0.717, 1.165) is 12.1 Å². The van der Waals surface area contributed by atoms with E-state index in [9.17, 15) is 19.4 Å². The lowest BCUT2D eigenvalue weighted by Crippen LogP contribution is -2.10. The summed E-state index contributed by atoms with van der Waals surface area (Å²) >= 11 is 0. The Morgan fingerprint density at radius 2 is 1.38 bits per heavy atom. The lowest BCUT2D eigenvalue weighted by molar-refractivity contribution is 0.364. The van der Waals surface area contributed by atoms with Crippen molar-refractivity contribution in [3.05, 3.63) is 24.3 Å². The van der Waals surface area contributed by atoms with Gasteiger partial charge in [-0.2, -0.15) is 0 Å². The predicted molar refractivity (Wildman–Crippen MR) is 56.6 cm³/mol. The first-order valence-corrected chi connectivity index (χ1v) is 6.44. The molecule has 0 saturated carbocycles. The number of rotatable bonds is 3. The zero-order chi connectivity index (χ0) is 12.7. The van der Waals surface area contributed by atoms with Crippen molar-refractivity contribution in [3.63, 3.8) is 0 Å². The van der Waals surface area contributed by atoms with Crippen molar-refractivity contribution in [2.24, 2.45) is 0 Å². The molecule has 0 radical (unpaired) electrons. The minimum atomic E-state index is -9.52. The molecular weight excluding hydrogens is 249 g/mol. The summed E-state index contributed by atoms with van der Waals surface area (Å²) in [7, 11) is -9.52. The van der Waals surface area contributed by atoms with Crippen LogP contribution in [0.1, 0.15) is 13.8 Å². The summed E-state index contributed by atoms with van der Waals surface area (Å²) in [6.07, 6.45) is 0. The number of hydrogen-bond donors (Lipinski definition) is 1. The van der Waals surface area contributed by atoms with Gasteiger partial charge in [0.25, 0.3) is 0 Å². The second kappa shape index (κ2) is 3.03. The second-order valence-electron chi connectivity index (χ2n) is 3.79. The SMILES string of the molecule is CC(C)Nc1ccc(S(F)(F)(F)(F)F)cc1. The fourth-order valence-electron chi connectivity index (χ4n) is 1.14. The summed E-state index contributed by atoms with van der Waals surface area (Å²) in [6.45, 7) is 3.58. The normalized spacial score (nSPS) is 16.8. The van der Waals surface area contributed by atoms with Gasteiger partial charge in [-0.05, 0) is 38.1 Å². The first-order valence-electron chi connectivity index (χ1n) is 4.49. The van der Waals surface area contributed by atoms with Gasteiger partial charge in [-0.3, -0.25) is 0 Å². The monoisotopic (exact) mass is 261 g/mol. The lowest BCUT2D eigenvalue weighted by Gasteiger charge is -2.40. The molecule has 0 bridgehead atoms. The van der Waals surface area contributed by atoms with Crippen molar-refractivity contribution in [1.29, 1.82) is 0 Å². The summed E-state index contributed by atoms with van der Waals surface area (Å²) in [5, 5.41) is 2.81. The highest BCUT2D eigenvalue weighted by molar-refractivity contribution is 8.45. The lowest BCUT2D eigenvalue weighted by atomic mass is 10.3. The molecule has 0 spiro atoms. The van der Waals surface area contributed by atoms with Crippen LogP contribution in [0, 0.1) is 0 Å². The Morgan fingerprint density at radius 3 is 1.69 bits per heavy atom. The predicted octanol–water partition coefficient (Wildman–Crippen LogP) is 5.16. The van der Waals surface area contributed by atoms with Crippen LogP contribution in [0.25, 0.3) is 0 Å². The van der Waals surface area contributed by atoms with Gasteiger partial charge in [-0.1, -0.05) is 19.4 Å². The van der Waals surface area contributed by atoms with Gasteiger partial charge in [0.15, 0.2) is 0 Å². The van der Waals surface area contributed by atoms with Crippen LogP contribution < -0.4 is 5.32 Å². The maximum atomic E-state index is 12.3. The number of nitrogens with one attached hydrogen (secondary N) is 1. The summed E-state index contributed by atoms with van der Waals surface area (Å²) in [5.41, 5.74) is 0.376. The zero-order valence-electron chi connectivity index (χ0n) is 8.68. The number of anilines is 1. The molecular formula is C9H12F5NS. The molecule has 0 fully saturated rings. The van der Waals surface area contributed by atoms with Crippen LogP contribution in [0.3, 0.4) is 0 Å². The maximum Gasteiger partial charge on any atom is 0.310 e. The van der Waals surface area contributed by atoms with Crippen molar-refractivity contribution in [2.45, 2.75) is 24.8 Å². The minimum absolute atomic E-state index is 0.0193. The average Bonchev–Trinajstić information content (AvgIpc) is 1.99. The van der Waals surface area contributed by atoms with Crippen molar-refractivity contribution in [3.8, 4) is 0 Å². The zero-order valence-corrected chi connectivity index (χ0v) is 9.50. The largest absolute Gasteiger partial charge is 0.383 e. The van der Waals surface area contributed by atoms with Crippen molar-refractivity contribution in [1.82, 2.24) is 0 Å². The van der Waals surface area contributed by atoms with E-state index in [-0.39, 0.29) is 6.04 Å². The van der Waals surface area contributed by atoms with E-state index in [1.807, 2.05) is 0 Å². The van der Waals surface area contributed by atoms with Crippen LogP contribution in [0.4, 0.5) is 25.1 Å². The standard InChI is InChI=1S/C9H12F5NS/c1-7(2)15-8-3-5-9(6-4-8)16(10,11,12,13)14/h3-7,15H,1-2H3. The van der Waals surface area contributed by atoms with Crippen molar-refractivity contribution < 1.29 is 19.4 Å². The van der Waals surface area contributed by atoms with Crippen LogP contribution in [-0.2, 0) is 0 Å². The van der Waals surface area contributed by atoms with Crippen LogP contribution in [-0.4, -0.2) is 6.04 Å². The van der Waals surface area contributed by atoms with Crippen LogP contribution in [0.15, 0.2) is 29.2 Å². The molecule has 1 rings (SSSR count). The number of halogens is 5. The molecule has 0 atom stereocenters. The Bertz CT molecular complexity index is 380. The molecule has 0 aliphatic heterocycles. The van der Waals surface area contributed by atoms with Gasteiger partial charge in [-0.15, -0.1) is 0 Å². The van der Waals surface area contributed by atoms with Crippen molar-refractivity contribution >= 4 is 15.9 Å². The third kappa shape index (κ3) is 3.55. The summed E-state index contributed by atoms with van der Waals surface area (Å²) in [4.78, 5) is -1.87. The minimum Gasteiger partial charge on any atom is -0.383 e. The van der Waals surface area contributed by atoms with E-state index in [1.54, 1.807) is 13.8 Å². The van der Waals surface area contributed by atoms with Crippen LogP contribution in [0.2, 0.25) is 0 Å². The first-order chi connectivity index (χ1) is 6.88. The Morgan fingerprint density at radius 1 is 0.938 bits per heavy atom. The van der Waals surface area contributed by atoms with E-state index in [1.165, 1.54) is 0 Å². The highest BCUT2D eigenvalue weighted by atomic mass is 32.5. The van der Waals surface area contributed by atoms with Crippen LogP contribution >= 0.6 is 10.2 Å². The highest BCUT2D eigenvalue weighted by Gasteiger charge is 2.65. The van der Waals surface area contributed by atoms with Gasteiger partial charge in [0, 0.05) is 11.7 Å². The van der Waals surface area contributed by atoms with E-state index in [2.05, 4.69) is 5.32 Å². The van der Waals surface area contributed by atoms with Crippen LogP contribution in [0.5, 0.6) is 0 Å². The third-order valence-corrected chi connectivity index (χ3v) is 2.92. The van der Waals surface area contributed by atoms with Gasteiger partial charge in [0.1, 0.15) is 4.90 Å².